The molecule has 170 valence electrons. The van der Waals surface area contributed by atoms with E-state index in [1.54, 1.807) is 23.2 Å². The molecular weight excluding hydrogens is 464 g/mol. The Hall–Kier alpha value is -3.53. The Morgan fingerprint density at radius 1 is 1.24 bits per heavy atom. The molecule has 5 N–H and O–H groups in total. The van der Waals surface area contributed by atoms with Crippen LogP contribution in [0.2, 0.25) is 5.15 Å². The molecule has 0 unspecified atom stereocenters. The van der Waals surface area contributed by atoms with E-state index in [-0.39, 0.29) is 6.03 Å². The Morgan fingerprint density at radius 2 is 2.03 bits per heavy atom. The molecule has 0 radical (unpaired) electrons. The molecule has 0 aliphatic carbocycles. The summed E-state index contributed by atoms with van der Waals surface area (Å²) >= 11 is 7.35. The molecule has 0 spiro atoms. The van der Waals surface area contributed by atoms with Gasteiger partial charge in [0.15, 0.2) is 5.13 Å². The molecule has 1 aliphatic heterocycles. The first kappa shape index (κ1) is 22.7. The smallest absolute Gasteiger partial charge is 0.314 e. The third-order valence-corrected chi connectivity index (χ3v) is 6.10. The lowest BCUT2D eigenvalue weighted by molar-refractivity contribution is 0.145. The Balaban J connectivity index is 1.43. The fourth-order valence-electron chi connectivity index (χ4n) is 3.48. The monoisotopic (exact) mass is 484 g/mol. The lowest BCUT2D eigenvalue weighted by atomic mass is 10.2. The van der Waals surface area contributed by atoms with Crippen molar-refractivity contribution in [1.29, 1.82) is 5.26 Å². The summed E-state index contributed by atoms with van der Waals surface area (Å²) in [5, 5.41) is 13.1. The van der Waals surface area contributed by atoms with E-state index in [9.17, 15) is 10.1 Å². The molecule has 0 bridgehead atoms. The van der Waals surface area contributed by atoms with Crippen molar-refractivity contribution in [2.24, 2.45) is 5.73 Å². The predicted molar refractivity (Wildman–Crippen MR) is 126 cm³/mol. The van der Waals surface area contributed by atoms with Crippen LogP contribution in [-0.2, 0) is 6.42 Å². The standard InChI is InChI=1S/C20H21ClN10OS/c21-16-10-13(9-12(26-16)2-4-30-5-7-31(8-6-30)19(24)32)27-20-25-3-1-14(28-20)17-15(11-22)33-18(23)29-17/h1,3,9-10H,2,4-8H2,(H2,23,29)(H2,24,32)(H,25,26,27,28). The summed E-state index contributed by atoms with van der Waals surface area (Å²) in [6, 6.07) is 6.96. The maximum absolute atomic E-state index is 11.3. The summed E-state index contributed by atoms with van der Waals surface area (Å²) in [5.41, 5.74) is 13.5. The summed E-state index contributed by atoms with van der Waals surface area (Å²) in [5.74, 6) is 0.332. The minimum Gasteiger partial charge on any atom is -0.375 e. The van der Waals surface area contributed by atoms with Crippen molar-refractivity contribution in [2.45, 2.75) is 6.42 Å². The third-order valence-electron chi connectivity index (χ3n) is 5.11. The number of hydrogen-bond donors (Lipinski definition) is 3. The number of carbonyl (C=O) groups excluding carboxylic acids is 1. The SMILES string of the molecule is N#Cc1sc(N)nc1-c1ccnc(Nc2cc(Cl)nc(CCN3CCN(C(N)=O)CC3)c2)n1. The number of halogens is 1. The molecule has 0 atom stereocenters. The van der Waals surface area contributed by atoms with Crippen molar-refractivity contribution in [3.63, 3.8) is 0 Å². The highest BCUT2D eigenvalue weighted by atomic mass is 35.5. The zero-order valence-corrected chi connectivity index (χ0v) is 19.1. The van der Waals surface area contributed by atoms with Crippen LogP contribution in [0.5, 0.6) is 0 Å². The number of carbonyl (C=O) groups is 1. The minimum absolute atomic E-state index is 0.302. The van der Waals surface area contributed by atoms with Crippen LogP contribution >= 0.6 is 22.9 Å². The van der Waals surface area contributed by atoms with Crippen molar-refractivity contribution < 1.29 is 4.79 Å². The van der Waals surface area contributed by atoms with E-state index in [1.807, 2.05) is 6.07 Å². The minimum atomic E-state index is -0.379. The average Bonchev–Trinajstić information content (AvgIpc) is 3.18. The number of rotatable bonds is 6. The average molecular weight is 485 g/mol. The van der Waals surface area contributed by atoms with Crippen molar-refractivity contribution in [1.82, 2.24) is 29.7 Å². The fourth-order valence-corrected chi connectivity index (χ4v) is 4.35. The maximum atomic E-state index is 11.3. The largest absolute Gasteiger partial charge is 0.375 e. The molecule has 33 heavy (non-hydrogen) atoms. The van der Waals surface area contributed by atoms with E-state index in [1.165, 1.54) is 0 Å². The van der Waals surface area contributed by atoms with Crippen LogP contribution in [0.1, 0.15) is 10.6 Å². The summed E-state index contributed by atoms with van der Waals surface area (Å²) in [6.45, 7) is 3.56. The number of nitrogens with two attached hydrogens (primary N) is 2. The second-order valence-electron chi connectivity index (χ2n) is 7.32. The van der Waals surface area contributed by atoms with Crippen molar-refractivity contribution in [2.75, 3.05) is 43.8 Å². The van der Waals surface area contributed by atoms with Gasteiger partial charge >= 0.3 is 6.03 Å². The number of nitriles is 1. The zero-order valence-electron chi connectivity index (χ0n) is 17.5. The van der Waals surface area contributed by atoms with Crippen LogP contribution in [0.25, 0.3) is 11.4 Å². The molecule has 1 saturated heterocycles. The van der Waals surface area contributed by atoms with E-state index >= 15 is 0 Å². The molecule has 1 fully saturated rings. The normalized spacial score (nSPS) is 14.1. The number of nitrogen functional groups attached to an aromatic ring is 1. The lowest BCUT2D eigenvalue weighted by Gasteiger charge is -2.33. The molecule has 0 aromatic carbocycles. The van der Waals surface area contributed by atoms with Gasteiger partial charge in [0.2, 0.25) is 5.95 Å². The molecule has 2 amide bonds. The third kappa shape index (κ3) is 5.64. The van der Waals surface area contributed by atoms with Crippen molar-refractivity contribution in [3.8, 4) is 17.5 Å². The lowest BCUT2D eigenvalue weighted by Crippen LogP contribution is -2.50. The number of primary amides is 1. The van der Waals surface area contributed by atoms with E-state index in [4.69, 9.17) is 23.1 Å². The Morgan fingerprint density at radius 3 is 2.76 bits per heavy atom. The topological polar surface area (TPSA) is 163 Å². The van der Waals surface area contributed by atoms with E-state index in [2.05, 4.69) is 36.2 Å². The Kier molecular flexibility index (Phi) is 6.83. The summed E-state index contributed by atoms with van der Waals surface area (Å²) in [7, 11) is 0. The highest BCUT2D eigenvalue weighted by Crippen LogP contribution is 2.28. The zero-order chi connectivity index (χ0) is 23.4. The Labute approximate surface area is 199 Å². The van der Waals surface area contributed by atoms with Crippen LogP contribution in [0.3, 0.4) is 0 Å². The van der Waals surface area contributed by atoms with Gasteiger partial charge in [-0.15, -0.1) is 0 Å². The van der Waals surface area contributed by atoms with Gasteiger partial charge < -0.3 is 21.7 Å². The molecular formula is C20H21ClN10OS. The number of hydrogen-bond acceptors (Lipinski definition) is 10. The van der Waals surface area contributed by atoms with E-state index in [0.29, 0.717) is 57.7 Å². The molecule has 3 aromatic heterocycles. The second-order valence-corrected chi connectivity index (χ2v) is 8.74. The number of piperazine rings is 1. The molecule has 3 aromatic rings. The highest BCUT2D eigenvalue weighted by Gasteiger charge is 2.19. The summed E-state index contributed by atoms with van der Waals surface area (Å²) < 4.78 is 0. The number of nitrogens with zero attached hydrogens (tertiary/aromatic N) is 7. The van der Waals surface area contributed by atoms with Gasteiger partial charge in [-0.1, -0.05) is 22.9 Å². The number of amides is 2. The van der Waals surface area contributed by atoms with Crippen LogP contribution in [0, 0.1) is 11.3 Å². The van der Waals surface area contributed by atoms with Crippen LogP contribution < -0.4 is 16.8 Å². The van der Waals surface area contributed by atoms with Crippen LogP contribution in [-0.4, -0.2) is 68.5 Å². The number of nitrogens with one attached hydrogen (secondary N) is 1. The molecule has 4 heterocycles. The molecule has 1 aliphatic rings. The van der Waals surface area contributed by atoms with Gasteiger partial charge in [0, 0.05) is 56.7 Å². The van der Waals surface area contributed by atoms with E-state index < -0.39 is 0 Å². The van der Waals surface area contributed by atoms with Gasteiger partial charge in [-0.05, 0) is 18.2 Å². The number of thiazole rings is 1. The van der Waals surface area contributed by atoms with Gasteiger partial charge in [-0.2, -0.15) is 5.26 Å². The first-order chi connectivity index (χ1) is 15.9. The van der Waals surface area contributed by atoms with Gasteiger partial charge in [0.1, 0.15) is 21.8 Å². The number of urea groups is 1. The van der Waals surface area contributed by atoms with Crippen LogP contribution in [0.15, 0.2) is 24.4 Å². The van der Waals surface area contributed by atoms with Crippen molar-refractivity contribution in [3.05, 3.63) is 40.1 Å². The summed E-state index contributed by atoms with van der Waals surface area (Å²) in [4.78, 5) is 32.9. The highest BCUT2D eigenvalue weighted by molar-refractivity contribution is 7.16. The summed E-state index contributed by atoms with van der Waals surface area (Å²) in [6.07, 6.45) is 2.27. The number of pyridine rings is 1. The Bertz CT molecular complexity index is 1200. The van der Waals surface area contributed by atoms with Gasteiger partial charge in [-0.25, -0.2) is 24.7 Å². The quantitative estimate of drug-likeness (QED) is 0.444. The second kappa shape index (κ2) is 9.95. The van der Waals surface area contributed by atoms with Gasteiger partial charge in [0.05, 0.1) is 5.69 Å². The number of aromatic nitrogens is 4. The van der Waals surface area contributed by atoms with E-state index in [0.717, 1.165) is 36.7 Å². The molecule has 11 nitrogen and oxygen atoms in total. The molecule has 0 saturated carbocycles. The molecule has 13 heteroatoms. The van der Waals surface area contributed by atoms with Gasteiger partial charge in [-0.3, -0.25) is 4.90 Å². The fraction of sp³-hybridized carbons (Fsp3) is 0.300. The predicted octanol–water partition coefficient (Wildman–Crippen LogP) is 2.08. The first-order valence-electron chi connectivity index (χ1n) is 10.1. The first-order valence-corrected chi connectivity index (χ1v) is 11.3. The van der Waals surface area contributed by atoms with Gasteiger partial charge in [0.25, 0.3) is 0 Å². The van der Waals surface area contributed by atoms with Crippen LogP contribution in [0.4, 0.5) is 21.6 Å². The maximum Gasteiger partial charge on any atom is 0.314 e. The number of anilines is 3. The molecule has 4 rings (SSSR count). The van der Waals surface area contributed by atoms with Crippen molar-refractivity contribution >= 4 is 45.7 Å².